The van der Waals surface area contributed by atoms with Gasteiger partial charge in [-0.3, -0.25) is 4.79 Å². The van der Waals surface area contributed by atoms with Gasteiger partial charge in [0.1, 0.15) is 0 Å². The van der Waals surface area contributed by atoms with Crippen LogP contribution < -0.4 is 0 Å². The van der Waals surface area contributed by atoms with Crippen LogP contribution in [0, 0.1) is 0 Å². The van der Waals surface area contributed by atoms with Gasteiger partial charge in [0.25, 0.3) is 11.8 Å². The van der Waals surface area contributed by atoms with Gasteiger partial charge in [-0.2, -0.15) is 0 Å². The molecule has 0 N–H and O–H groups in total. The van der Waals surface area contributed by atoms with E-state index in [9.17, 15) is 4.79 Å². The summed E-state index contributed by atoms with van der Waals surface area (Å²) >= 11 is 0. The molecule has 12 heavy (non-hydrogen) atoms. The molecule has 0 aromatic carbocycles. The van der Waals surface area contributed by atoms with Crippen molar-refractivity contribution in [3.63, 3.8) is 0 Å². The van der Waals surface area contributed by atoms with Crippen LogP contribution in [0.15, 0.2) is 27.2 Å². The SMILES string of the molecule is O=Cc1nnc(-c2ccco2)o1. The van der Waals surface area contributed by atoms with Crippen LogP contribution in [-0.2, 0) is 0 Å². The molecule has 2 aromatic rings. The molecular formula is C7H4N2O3. The second kappa shape index (κ2) is 2.61. The first-order valence-corrected chi connectivity index (χ1v) is 3.23. The third kappa shape index (κ3) is 1.01. The molecule has 0 amide bonds. The molecule has 60 valence electrons. The van der Waals surface area contributed by atoms with Crippen molar-refractivity contribution >= 4 is 6.29 Å². The van der Waals surface area contributed by atoms with Crippen molar-refractivity contribution in [1.29, 1.82) is 0 Å². The molecule has 0 fully saturated rings. The second-order valence-electron chi connectivity index (χ2n) is 2.04. The number of carbonyl (C=O) groups excluding carboxylic acids is 1. The van der Waals surface area contributed by atoms with Crippen molar-refractivity contribution in [2.75, 3.05) is 0 Å². The van der Waals surface area contributed by atoms with Crippen LogP contribution >= 0.6 is 0 Å². The van der Waals surface area contributed by atoms with E-state index in [1.807, 2.05) is 0 Å². The van der Waals surface area contributed by atoms with Crippen LogP contribution in [0.5, 0.6) is 0 Å². The summed E-state index contributed by atoms with van der Waals surface area (Å²) in [6.45, 7) is 0. The van der Waals surface area contributed by atoms with E-state index in [4.69, 9.17) is 8.83 Å². The highest BCUT2D eigenvalue weighted by Gasteiger charge is 2.08. The number of furan rings is 1. The smallest absolute Gasteiger partial charge is 0.283 e. The average molecular weight is 164 g/mol. The van der Waals surface area contributed by atoms with Crippen LogP contribution in [0.1, 0.15) is 10.7 Å². The zero-order valence-corrected chi connectivity index (χ0v) is 5.93. The number of hydrogen-bond acceptors (Lipinski definition) is 5. The quantitative estimate of drug-likeness (QED) is 0.622. The van der Waals surface area contributed by atoms with Crippen molar-refractivity contribution in [2.24, 2.45) is 0 Å². The fraction of sp³-hybridized carbons (Fsp3) is 0. The Balaban J connectivity index is 2.41. The Hall–Kier alpha value is -1.91. The van der Waals surface area contributed by atoms with E-state index in [1.54, 1.807) is 12.1 Å². The Kier molecular flexibility index (Phi) is 1.48. The lowest BCUT2D eigenvalue weighted by atomic mass is 10.5. The van der Waals surface area contributed by atoms with Crippen molar-refractivity contribution < 1.29 is 13.6 Å². The summed E-state index contributed by atoms with van der Waals surface area (Å²) < 4.78 is 9.86. The van der Waals surface area contributed by atoms with E-state index in [0.717, 1.165) is 0 Å². The van der Waals surface area contributed by atoms with E-state index < -0.39 is 0 Å². The van der Waals surface area contributed by atoms with E-state index in [1.165, 1.54) is 6.26 Å². The topological polar surface area (TPSA) is 69.1 Å². The van der Waals surface area contributed by atoms with Gasteiger partial charge in [-0.25, -0.2) is 0 Å². The molecule has 0 atom stereocenters. The Morgan fingerprint density at radius 2 is 2.33 bits per heavy atom. The molecule has 2 heterocycles. The minimum absolute atomic E-state index is 0.0543. The fourth-order valence-corrected chi connectivity index (χ4v) is 0.782. The Labute approximate surface area is 67.0 Å². The highest BCUT2D eigenvalue weighted by Crippen LogP contribution is 2.16. The highest BCUT2D eigenvalue weighted by molar-refractivity contribution is 5.67. The average Bonchev–Trinajstić information content (AvgIpc) is 2.75. The molecule has 0 aliphatic heterocycles. The molecule has 2 rings (SSSR count). The summed E-state index contributed by atoms with van der Waals surface area (Å²) in [5.74, 6) is 0.610. The molecule has 0 aliphatic carbocycles. The number of rotatable bonds is 2. The zero-order chi connectivity index (χ0) is 8.39. The molecule has 0 spiro atoms. The largest absolute Gasteiger partial charge is 0.459 e. The molecule has 2 aromatic heterocycles. The maximum absolute atomic E-state index is 10.2. The molecule has 0 saturated carbocycles. The number of hydrogen-bond donors (Lipinski definition) is 0. The van der Waals surface area contributed by atoms with Gasteiger partial charge in [0.05, 0.1) is 6.26 Å². The summed E-state index contributed by atoms with van der Waals surface area (Å²) in [6, 6.07) is 3.36. The number of carbonyl (C=O) groups is 1. The number of aldehydes is 1. The summed E-state index contributed by atoms with van der Waals surface area (Å²) in [7, 11) is 0. The summed E-state index contributed by atoms with van der Waals surface area (Å²) in [5.41, 5.74) is 0. The molecular weight excluding hydrogens is 160 g/mol. The third-order valence-corrected chi connectivity index (χ3v) is 1.27. The van der Waals surface area contributed by atoms with Gasteiger partial charge in [-0.15, -0.1) is 10.2 Å². The minimum Gasteiger partial charge on any atom is -0.459 e. The summed E-state index contributed by atoms with van der Waals surface area (Å²) in [5, 5.41) is 7.03. The molecule has 0 unspecified atom stereocenters. The van der Waals surface area contributed by atoms with Gasteiger partial charge >= 0.3 is 0 Å². The van der Waals surface area contributed by atoms with Crippen molar-refractivity contribution in [3.05, 3.63) is 24.3 Å². The number of nitrogens with zero attached hydrogens (tertiary/aromatic N) is 2. The van der Waals surface area contributed by atoms with E-state index in [2.05, 4.69) is 10.2 Å². The first kappa shape index (κ1) is 6.78. The van der Waals surface area contributed by atoms with Crippen LogP contribution in [-0.4, -0.2) is 16.5 Å². The first-order valence-electron chi connectivity index (χ1n) is 3.23. The second-order valence-corrected chi connectivity index (χ2v) is 2.04. The molecule has 0 aliphatic rings. The third-order valence-electron chi connectivity index (χ3n) is 1.27. The molecule has 0 radical (unpaired) electrons. The van der Waals surface area contributed by atoms with Crippen LogP contribution in [0.25, 0.3) is 11.7 Å². The monoisotopic (exact) mass is 164 g/mol. The van der Waals surface area contributed by atoms with Crippen LogP contribution in [0.4, 0.5) is 0 Å². The maximum atomic E-state index is 10.2. The van der Waals surface area contributed by atoms with Crippen molar-refractivity contribution in [1.82, 2.24) is 10.2 Å². The van der Waals surface area contributed by atoms with Crippen molar-refractivity contribution in [3.8, 4) is 11.7 Å². The van der Waals surface area contributed by atoms with Crippen LogP contribution in [0.3, 0.4) is 0 Å². The molecule has 5 heteroatoms. The van der Waals surface area contributed by atoms with E-state index in [-0.39, 0.29) is 11.8 Å². The lowest BCUT2D eigenvalue weighted by molar-refractivity contribution is 0.109. The summed E-state index contributed by atoms with van der Waals surface area (Å²) in [4.78, 5) is 10.2. The van der Waals surface area contributed by atoms with Crippen LogP contribution in [0.2, 0.25) is 0 Å². The Bertz CT molecular complexity index is 377. The number of aromatic nitrogens is 2. The van der Waals surface area contributed by atoms with E-state index >= 15 is 0 Å². The van der Waals surface area contributed by atoms with Crippen molar-refractivity contribution in [2.45, 2.75) is 0 Å². The lowest BCUT2D eigenvalue weighted by Gasteiger charge is -1.82. The predicted octanol–water partition coefficient (Wildman–Crippen LogP) is 1.14. The van der Waals surface area contributed by atoms with E-state index in [0.29, 0.717) is 12.0 Å². The fourth-order valence-electron chi connectivity index (χ4n) is 0.782. The van der Waals surface area contributed by atoms with Gasteiger partial charge in [-0.05, 0) is 12.1 Å². The molecule has 0 saturated heterocycles. The van der Waals surface area contributed by atoms with Gasteiger partial charge in [0.2, 0.25) is 6.29 Å². The zero-order valence-electron chi connectivity index (χ0n) is 5.93. The minimum atomic E-state index is -0.0543. The van der Waals surface area contributed by atoms with Gasteiger partial charge in [0, 0.05) is 0 Å². The standard InChI is InChI=1S/C7H4N2O3/c10-4-6-8-9-7(12-6)5-2-1-3-11-5/h1-4H. The lowest BCUT2D eigenvalue weighted by Crippen LogP contribution is -1.75. The highest BCUT2D eigenvalue weighted by atomic mass is 16.4. The van der Waals surface area contributed by atoms with Gasteiger partial charge in [-0.1, -0.05) is 0 Å². The van der Waals surface area contributed by atoms with Gasteiger partial charge < -0.3 is 8.83 Å². The molecule has 5 nitrogen and oxygen atoms in total. The maximum Gasteiger partial charge on any atom is 0.283 e. The Morgan fingerprint density at radius 3 is 2.92 bits per heavy atom. The Morgan fingerprint density at radius 1 is 1.42 bits per heavy atom. The normalized spacial score (nSPS) is 10.0. The van der Waals surface area contributed by atoms with Gasteiger partial charge in [0.15, 0.2) is 5.76 Å². The summed E-state index contributed by atoms with van der Waals surface area (Å²) in [6.07, 6.45) is 1.97. The predicted molar refractivity (Wildman–Crippen MR) is 37.4 cm³/mol. The first-order chi connectivity index (χ1) is 5.90. The molecule has 0 bridgehead atoms.